The number of amides is 1. The zero-order chi connectivity index (χ0) is 16.3. The molecule has 2 atom stereocenters. The summed E-state index contributed by atoms with van der Waals surface area (Å²) in [7, 11) is 0. The van der Waals surface area contributed by atoms with Gasteiger partial charge < -0.3 is 10.0 Å². The summed E-state index contributed by atoms with van der Waals surface area (Å²) in [5.41, 5.74) is 0.559. The lowest BCUT2D eigenvalue weighted by Crippen LogP contribution is -2.35. The van der Waals surface area contributed by atoms with Crippen LogP contribution in [0.3, 0.4) is 0 Å². The van der Waals surface area contributed by atoms with E-state index >= 15 is 0 Å². The molecule has 0 aromatic heterocycles. The summed E-state index contributed by atoms with van der Waals surface area (Å²) >= 11 is 4.52. The molecule has 0 radical (unpaired) electrons. The third kappa shape index (κ3) is 3.89. The smallest absolute Gasteiger partial charge is 0.331 e. The molecule has 1 amide bonds. The highest BCUT2D eigenvalue weighted by Crippen LogP contribution is 2.33. The lowest BCUT2D eigenvalue weighted by atomic mass is 10.1. The summed E-state index contributed by atoms with van der Waals surface area (Å²) < 4.78 is 0.664. The number of thioether (sulfide) groups is 1. The van der Waals surface area contributed by atoms with E-state index in [0.29, 0.717) is 22.3 Å². The van der Waals surface area contributed by atoms with Gasteiger partial charge in [0.25, 0.3) is 0 Å². The van der Waals surface area contributed by atoms with E-state index in [9.17, 15) is 19.5 Å². The zero-order valence-corrected chi connectivity index (χ0v) is 14.4. The summed E-state index contributed by atoms with van der Waals surface area (Å²) in [5, 5.41) is 9.57. The first-order valence-electron chi connectivity index (χ1n) is 6.80. The van der Waals surface area contributed by atoms with Gasteiger partial charge >= 0.3 is 5.97 Å². The number of aliphatic carboxylic acids is 1. The molecule has 1 aliphatic heterocycles. The fourth-order valence-electron chi connectivity index (χ4n) is 2.54. The molecule has 1 aliphatic rings. The Hall–Kier alpha value is -1.34. The van der Waals surface area contributed by atoms with Crippen LogP contribution in [0.15, 0.2) is 28.7 Å². The molecule has 0 bridgehead atoms. The van der Waals surface area contributed by atoms with Crippen molar-refractivity contribution in [2.24, 2.45) is 5.92 Å². The zero-order valence-electron chi connectivity index (χ0n) is 12.0. The number of carbonyl (C=O) groups excluding carboxylic acids is 2. The Morgan fingerprint density at radius 3 is 2.73 bits per heavy atom. The molecule has 0 saturated carbocycles. The summed E-state index contributed by atoms with van der Waals surface area (Å²) in [5.74, 6) is -0.692. The normalized spacial score (nSPS) is 19.3. The van der Waals surface area contributed by atoms with E-state index < -0.39 is 12.0 Å². The van der Waals surface area contributed by atoms with Crippen molar-refractivity contribution >= 4 is 44.7 Å². The molecular formula is C15H16BrNO4S. The minimum absolute atomic E-state index is 0.00531. The first-order chi connectivity index (χ1) is 10.4. The third-order valence-corrected chi connectivity index (χ3v) is 5.27. The van der Waals surface area contributed by atoms with Crippen molar-refractivity contribution in [3.63, 3.8) is 0 Å². The molecule has 2 unspecified atom stereocenters. The van der Waals surface area contributed by atoms with Gasteiger partial charge in [0.2, 0.25) is 5.91 Å². The summed E-state index contributed by atoms with van der Waals surface area (Å²) in [4.78, 5) is 36.3. The fourth-order valence-corrected chi connectivity index (χ4v) is 3.73. The highest BCUT2D eigenvalue weighted by Gasteiger charge is 2.39. The van der Waals surface area contributed by atoms with E-state index in [4.69, 9.17) is 0 Å². The van der Waals surface area contributed by atoms with E-state index in [1.54, 1.807) is 24.3 Å². The van der Waals surface area contributed by atoms with Crippen LogP contribution in [-0.4, -0.2) is 39.3 Å². The highest BCUT2D eigenvalue weighted by molar-refractivity contribution is 9.10. The van der Waals surface area contributed by atoms with Crippen molar-refractivity contribution in [2.45, 2.75) is 19.4 Å². The predicted octanol–water partition coefficient (Wildman–Crippen LogP) is 2.70. The van der Waals surface area contributed by atoms with Crippen LogP contribution < -0.4 is 0 Å². The number of rotatable bonds is 5. The molecular weight excluding hydrogens is 370 g/mol. The van der Waals surface area contributed by atoms with Crippen LogP contribution in [0.2, 0.25) is 0 Å². The SMILES string of the molecule is CC(=O)SCC1CC(=O)N(C(C(=O)O)c2ccccc2Br)C1. The van der Waals surface area contributed by atoms with Crippen LogP contribution in [-0.2, 0) is 14.4 Å². The fraction of sp³-hybridized carbons (Fsp3) is 0.400. The minimum atomic E-state index is -1.06. The van der Waals surface area contributed by atoms with Crippen LogP contribution in [0.5, 0.6) is 0 Å². The molecule has 1 aromatic carbocycles. The molecule has 1 fully saturated rings. The average Bonchev–Trinajstić information content (AvgIpc) is 2.80. The monoisotopic (exact) mass is 385 g/mol. The number of benzene rings is 1. The van der Waals surface area contributed by atoms with Gasteiger partial charge in [-0.25, -0.2) is 4.79 Å². The lowest BCUT2D eigenvalue weighted by Gasteiger charge is -2.25. The van der Waals surface area contributed by atoms with Crippen LogP contribution in [0.25, 0.3) is 0 Å². The maximum atomic E-state index is 12.2. The van der Waals surface area contributed by atoms with Crippen LogP contribution in [0.1, 0.15) is 24.9 Å². The van der Waals surface area contributed by atoms with E-state index in [1.165, 1.54) is 23.6 Å². The summed E-state index contributed by atoms with van der Waals surface area (Å²) in [6.45, 7) is 1.84. The van der Waals surface area contributed by atoms with Crippen molar-refractivity contribution in [3.05, 3.63) is 34.3 Å². The third-order valence-electron chi connectivity index (χ3n) is 3.51. The molecule has 118 valence electrons. The van der Waals surface area contributed by atoms with E-state index in [-0.39, 0.29) is 23.4 Å². The quantitative estimate of drug-likeness (QED) is 0.842. The Bertz CT molecular complexity index is 607. The van der Waals surface area contributed by atoms with Gasteiger partial charge in [-0.3, -0.25) is 9.59 Å². The molecule has 1 saturated heterocycles. The van der Waals surface area contributed by atoms with Gasteiger partial charge in [-0.15, -0.1) is 0 Å². The molecule has 1 heterocycles. The largest absolute Gasteiger partial charge is 0.479 e. The van der Waals surface area contributed by atoms with Crippen molar-refractivity contribution in [2.75, 3.05) is 12.3 Å². The number of halogens is 1. The van der Waals surface area contributed by atoms with Gasteiger partial charge in [-0.05, 0) is 12.0 Å². The van der Waals surface area contributed by atoms with Gasteiger partial charge in [0.1, 0.15) is 0 Å². The van der Waals surface area contributed by atoms with Crippen LogP contribution >= 0.6 is 27.7 Å². The Labute approximate surface area is 141 Å². The maximum absolute atomic E-state index is 12.2. The van der Waals surface area contributed by atoms with Crippen LogP contribution in [0, 0.1) is 5.92 Å². The van der Waals surface area contributed by atoms with Crippen molar-refractivity contribution in [1.29, 1.82) is 0 Å². The van der Waals surface area contributed by atoms with Gasteiger partial charge in [0, 0.05) is 35.7 Å². The Morgan fingerprint density at radius 2 is 2.14 bits per heavy atom. The molecule has 7 heteroatoms. The van der Waals surface area contributed by atoms with E-state index in [1.807, 2.05) is 0 Å². The van der Waals surface area contributed by atoms with Gasteiger partial charge in [-0.2, -0.15) is 0 Å². The predicted molar refractivity (Wildman–Crippen MR) is 87.5 cm³/mol. The minimum Gasteiger partial charge on any atom is -0.479 e. The van der Waals surface area contributed by atoms with Gasteiger partial charge in [-0.1, -0.05) is 45.9 Å². The Morgan fingerprint density at radius 1 is 1.45 bits per heavy atom. The summed E-state index contributed by atoms with van der Waals surface area (Å²) in [6.07, 6.45) is 0.286. The average molecular weight is 386 g/mol. The topological polar surface area (TPSA) is 74.7 Å². The van der Waals surface area contributed by atoms with Crippen LogP contribution in [0.4, 0.5) is 0 Å². The second-order valence-corrected chi connectivity index (χ2v) is 7.23. The second kappa shape index (κ2) is 7.28. The highest BCUT2D eigenvalue weighted by atomic mass is 79.9. The molecule has 0 aliphatic carbocycles. The number of carboxylic acid groups (broad SMARTS) is 1. The Balaban J connectivity index is 2.20. The van der Waals surface area contributed by atoms with Crippen molar-refractivity contribution in [1.82, 2.24) is 4.90 Å². The van der Waals surface area contributed by atoms with Gasteiger partial charge in [0.15, 0.2) is 11.2 Å². The number of likely N-dealkylation sites (tertiary alicyclic amines) is 1. The molecule has 1 N–H and O–H groups in total. The molecule has 5 nitrogen and oxygen atoms in total. The number of hydrogen-bond acceptors (Lipinski definition) is 4. The van der Waals surface area contributed by atoms with E-state index in [2.05, 4.69) is 15.9 Å². The molecule has 1 aromatic rings. The first kappa shape index (κ1) is 17.0. The van der Waals surface area contributed by atoms with E-state index in [0.717, 1.165) is 0 Å². The maximum Gasteiger partial charge on any atom is 0.331 e. The molecule has 2 rings (SSSR count). The second-order valence-electron chi connectivity index (χ2n) is 5.18. The van der Waals surface area contributed by atoms with Gasteiger partial charge in [0.05, 0.1) is 0 Å². The molecule has 22 heavy (non-hydrogen) atoms. The molecule has 0 spiro atoms. The number of carbonyl (C=O) groups is 3. The number of nitrogens with zero attached hydrogens (tertiary/aromatic N) is 1. The number of carboxylic acids is 1. The first-order valence-corrected chi connectivity index (χ1v) is 8.58. The number of hydrogen-bond donors (Lipinski definition) is 1. The lowest BCUT2D eigenvalue weighted by molar-refractivity contribution is -0.148. The Kier molecular flexibility index (Phi) is 5.63. The van der Waals surface area contributed by atoms with Crippen molar-refractivity contribution < 1.29 is 19.5 Å². The standard InChI is InChI=1S/C15H16BrNO4S/c1-9(18)22-8-10-6-13(19)17(7-10)14(15(20)21)11-4-2-3-5-12(11)16/h2-5,10,14H,6-8H2,1H3,(H,20,21). The van der Waals surface area contributed by atoms with Crippen molar-refractivity contribution in [3.8, 4) is 0 Å². The summed E-state index contributed by atoms with van der Waals surface area (Å²) in [6, 6.07) is 6.00.